The van der Waals surface area contributed by atoms with E-state index in [4.69, 9.17) is 0 Å². The molecule has 1 aliphatic heterocycles. The van der Waals surface area contributed by atoms with Crippen LogP contribution >= 0.6 is 22.9 Å². The van der Waals surface area contributed by atoms with E-state index in [-0.39, 0.29) is 5.91 Å². The molecule has 9 heteroatoms. The lowest BCUT2D eigenvalue weighted by Crippen LogP contribution is -2.35. The van der Waals surface area contributed by atoms with E-state index in [1.807, 2.05) is 37.7 Å². The van der Waals surface area contributed by atoms with Crippen LogP contribution in [-0.4, -0.2) is 65.4 Å². The first-order valence-electron chi connectivity index (χ1n) is 7.95. The van der Waals surface area contributed by atoms with Gasteiger partial charge in [-0.15, -0.1) is 0 Å². The number of aryl methyl sites for hydroxylation is 2. The van der Waals surface area contributed by atoms with E-state index in [2.05, 4.69) is 19.2 Å². The number of nitrogens with zero attached hydrogens (tertiary/aromatic N) is 6. The van der Waals surface area contributed by atoms with E-state index in [1.165, 1.54) is 22.9 Å². The number of rotatable bonds is 3. The molecule has 1 amide bonds. The average Bonchev–Trinajstić information content (AvgIpc) is 3.05. The highest BCUT2D eigenvalue weighted by Gasteiger charge is 2.25. The molecule has 24 heavy (non-hydrogen) atoms. The molecular weight excluding hydrogens is 344 g/mol. The normalized spacial score (nSPS) is 15.5. The Morgan fingerprint density at radius 2 is 1.92 bits per heavy atom. The molecule has 0 aromatic carbocycles. The first-order chi connectivity index (χ1) is 11.5. The van der Waals surface area contributed by atoms with Gasteiger partial charge in [-0.1, -0.05) is 11.3 Å². The van der Waals surface area contributed by atoms with Crippen molar-refractivity contribution in [3.05, 3.63) is 16.4 Å². The lowest BCUT2D eigenvalue weighted by molar-refractivity contribution is 0.0771. The molecule has 3 rings (SSSR count). The maximum absolute atomic E-state index is 12.9. The van der Waals surface area contributed by atoms with Gasteiger partial charge in [0.05, 0.1) is 5.69 Å². The van der Waals surface area contributed by atoms with Gasteiger partial charge in [-0.05, 0) is 20.3 Å². The molecule has 130 valence electrons. The van der Waals surface area contributed by atoms with Crippen LogP contribution in [0.15, 0.2) is 0 Å². The second-order valence-electron chi connectivity index (χ2n) is 6.06. The summed E-state index contributed by atoms with van der Waals surface area (Å²) in [5.74, 6) is 0.900. The summed E-state index contributed by atoms with van der Waals surface area (Å²) in [5.41, 5.74) is 0.814. The van der Waals surface area contributed by atoms with Gasteiger partial charge in [-0.2, -0.15) is 4.37 Å². The number of carbonyl (C=O) groups is 1. The molecule has 0 atom stereocenters. The molecule has 7 nitrogen and oxygen atoms in total. The third-order valence-electron chi connectivity index (χ3n) is 3.93. The van der Waals surface area contributed by atoms with Crippen molar-refractivity contribution in [1.82, 2.24) is 19.2 Å². The lowest BCUT2D eigenvalue weighted by atomic mass is 10.3. The molecular formula is C15H22N6OS2. The van der Waals surface area contributed by atoms with Crippen LogP contribution < -0.4 is 9.80 Å². The molecule has 0 spiro atoms. The monoisotopic (exact) mass is 366 g/mol. The van der Waals surface area contributed by atoms with E-state index >= 15 is 0 Å². The molecule has 0 N–H and O–H groups in total. The number of aromatic nitrogens is 3. The fourth-order valence-electron chi connectivity index (χ4n) is 2.64. The van der Waals surface area contributed by atoms with Gasteiger partial charge in [0, 0.05) is 51.8 Å². The summed E-state index contributed by atoms with van der Waals surface area (Å²) in [7, 11) is 3.89. The maximum Gasteiger partial charge on any atom is 0.265 e. The predicted molar refractivity (Wildman–Crippen MR) is 98.6 cm³/mol. The van der Waals surface area contributed by atoms with Crippen molar-refractivity contribution in [2.75, 3.05) is 50.1 Å². The zero-order valence-corrected chi connectivity index (χ0v) is 16.1. The van der Waals surface area contributed by atoms with Crippen molar-refractivity contribution in [2.24, 2.45) is 0 Å². The molecule has 0 radical (unpaired) electrons. The first kappa shape index (κ1) is 17.1. The van der Waals surface area contributed by atoms with Crippen LogP contribution in [0.4, 0.5) is 10.3 Å². The van der Waals surface area contributed by atoms with E-state index < -0.39 is 0 Å². The Bertz CT molecular complexity index is 725. The smallest absolute Gasteiger partial charge is 0.265 e. The minimum Gasteiger partial charge on any atom is -0.354 e. The summed E-state index contributed by atoms with van der Waals surface area (Å²) in [6.07, 6.45) is 0.933. The van der Waals surface area contributed by atoms with Gasteiger partial charge in [0.25, 0.3) is 5.91 Å². The standard InChI is InChI=1S/C15H22N6OS2/c1-10-12(23-14(16-10)19(3)4)13(22)20-6-5-7-21(9-8-20)15-17-11(2)18-24-15/h5-9H2,1-4H3. The van der Waals surface area contributed by atoms with Crippen molar-refractivity contribution in [1.29, 1.82) is 0 Å². The van der Waals surface area contributed by atoms with Crippen LogP contribution in [0.3, 0.4) is 0 Å². The Kier molecular flexibility index (Phi) is 5.00. The molecule has 2 aromatic heterocycles. The van der Waals surface area contributed by atoms with E-state index in [0.29, 0.717) is 6.54 Å². The molecule has 0 aliphatic carbocycles. The second-order valence-corrected chi connectivity index (χ2v) is 7.77. The van der Waals surface area contributed by atoms with E-state index in [1.54, 1.807) is 0 Å². The van der Waals surface area contributed by atoms with Gasteiger partial charge in [0.2, 0.25) is 5.13 Å². The van der Waals surface area contributed by atoms with Crippen molar-refractivity contribution in [3.63, 3.8) is 0 Å². The number of thiazole rings is 1. The molecule has 1 fully saturated rings. The highest BCUT2D eigenvalue weighted by Crippen LogP contribution is 2.26. The van der Waals surface area contributed by atoms with Crippen molar-refractivity contribution in [2.45, 2.75) is 20.3 Å². The van der Waals surface area contributed by atoms with Crippen LogP contribution in [0.2, 0.25) is 0 Å². The van der Waals surface area contributed by atoms with Crippen LogP contribution in [0.1, 0.15) is 27.6 Å². The van der Waals surface area contributed by atoms with E-state index in [9.17, 15) is 4.79 Å². The molecule has 1 aliphatic rings. The minimum absolute atomic E-state index is 0.0911. The van der Waals surface area contributed by atoms with Gasteiger partial charge in [-0.3, -0.25) is 4.79 Å². The van der Waals surface area contributed by atoms with Gasteiger partial charge in [0.1, 0.15) is 10.7 Å². The number of carbonyl (C=O) groups excluding carboxylic acids is 1. The summed E-state index contributed by atoms with van der Waals surface area (Å²) >= 11 is 2.89. The zero-order valence-electron chi connectivity index (χ0n) is 14.4. The van der Waals surface area contributed by atoms with Gasteiger partial charge < -0.3 is 14.7 Å². The van der Waals surface area contributed by atoms with Crippen molar-refractivity contribution >= 4 is 39.0 Å². The molecule has 0 bridgehead atoms. The Balaban J connectivity index is 1.70. The minimum atomic E-state index is 0.0911. The van der Waals surface area contributed by atoms with Gasteiger partial charge in [0.15, 0.2) is 5.13 Å². The first-order valence-corrected chi connectivity index (χ1v) is 9.54. The summed E-state index contributed by atoms with van der Waals surface area (Å²) in [5, 5.41) is 1.82. The van der Waals surface area contributed by atoms with Gasteiger partial charge >= 0.3 is 0 Å². The quantitative estimate of drug-likeness (QED) is 0.828. The summed E-state index contributed by atoms with van der Waals surface area (Å²) in [6, 6.07) is 0. The highest BCUT2D eigenvalue weighted by atomic mass is 32.1. The number of hydrogen-bond donors (Lipinski definition) is 0. The molecule has 2 aromatic rings. The molecule has 0 saturated carbocycles. The summed E-state index contributed by atoms with van der Waals surface area (Å²) in [6.45, 7) is 6.98. The maximum atomic E-state index is 12.9. The van der Waals surface area contributed by atoms with Crippen LogP contribution in [0.5, 0.6) is 0 Å². The largest absolute Gasteiger partial charge is 0.354 e. The zero-order chi connectivity index (χ0) is 17.3. The summed E-state index contributed by atoms with van der Waals surface area (Å²) in [4.78, 5) is 28.7. The average molecular weight is 367 g/mol. The Morgan fingerprint density at radius 3 is 2.54 bits per heavy atom. The highest BCUT2D eigenvalue weighted by molar-refractivity contribution is 7.17. The Hall–Kier alpha value is -1.74. The van der Waals surface area contributed by atoms with Crippen LogP contribution in [-0.2, 0) is 0 Å². The molecule has 0 unspecified atom stereocenters. The molecule has 1 saturated heterocycles. The number of hydrogen-bond acceptors (Lipinski definition) is 8. The topological polar surface area (TPSA) is 65.5 Å². The molecule has 3 heterocycles. The third kappa shape index (κ3) is 3.51. The fourth-order valence-corrected chi connectivity index (χ4v) is 4.32. The second kappa shape index (κ2) is 7.02. The van der Waals surface area contributed by atoms with Crippen molar-refractivity contribution < 1.29 is 4.79 Å². The van der Waals surface area contributed by atoms with Crippen LogP contribution in [0, 0.1) is 13.8 Å². The third-order valence-corrected chi connectivity index (χ3v) is 6.11. The van der Waals surface area contributed by atoms with Gasteiger partial charge in [-0.25, -0.2) is 9.97 Å². The number of amides is 1. The Labute approximate surface area is 150 Å². The SMILES string of the molecule is Cc1nsc(N2CCCN(C(=O)c3sc(N(C)C)nc3C)CC2)n1. The van der Waals surface area contributed by atoms with E-state index in [0.717, 1.165) is 52.7 Å². The predicted octanol–water partition coefficient (Wildman–Crippen LogP) is 2.03. The van der Waals surface area contributed by atoms with Crippen molar-refractivity contribution in [3.8, 4) is 0 Å². The van der Waals surface area contributed by atoms with Crippen LogP contribution in [0.25, 0.3) is 0 Å². The number of anilines is 2. The lowest BCUT2D eigenvalue weighted by Gasteiger charge is -2.21. The summed E-state index contributed by atoms with van der Waals surface area (Å²) < 4.78 is 4.25. The fraction of sp³-hybridized carbons (Fsp3) is 0.600. The Morgan fingerprint density at radius 1 is 1.12 bits per heavy atom.